The average Bonchev–Trinajstić information content (AvgIpc) is 3.56. The second kappa shape index (κ2) is 11.3. The fourth-order valence-corrected chi connectivity index (χ4v) is 6.27. The second-order valence-corrected chi connectivity index (χ2v) is 10.4. The van der Waals surface area contributed by atoms with Crippen molar-refractivity contribution in [1.29, 1.82) is 0 Å². The zero-order chi connectivity index (χ0) is 23.2. The van der Waals surface area contributed by atoms with E-state index in [1.54, 1.807) is 22.4 Å². The lowest BCUT2D eigenvalue weighted by molar-refractivity contribution is -0.159. The van der Waals surface area contributed by atoms with Crippen molar-refractivity contribution in [3.8, 4) is 0 Å². The van der Waals surface area contributed by atoms with Crippen LogP contribution in [0.4, 0.5) is 5.13 Å². The largest absolute Gasteiger partial charge is 0.345 e. The molecule has 0 unspecified atom stereocenters. The maximum absolute atomic E-state index is 13.6. The Labute approximate surface area is 199 Å². The molecule has 0 aromatic carbocycles. The van der Waals surface area contributed by atoms with Gasteiger partial charge in [-0.2, -0.15) is 0 Å². The number of thiazole rings is 1. The van der Waals surface area contributed by atoms with E-state index < -0.39 is 12.0 Å². The number of likely N-dealkylation sites (tertiary alicyclic amines) is 1. The molecule has 1 aliphatic carbocycles. The first-order valence-electron chi connectivity index (χ1n) is 12.2. The Morgan fingerprint density at radius 3 is 2.55 bits per heavy atom. The molecule has 0 radical (unpaired) electrons. The monoisotopic (exact) mass is 477 g/mol. The maximum Gasteiger partial charge on any atom is 0.245 e. The van der Waals surface area contributed by atoms with Gasteiger partial charge in [0.1, 0.15) is 6.04 Å². The third kappa shape index (κ3) is 5.84. The Balaban J connectivity index is 1.38. The van der Waals surface area contributed by atoms with Gasteiger partial charge in [-0.05, 0) is 25.2 Å². The minimum atomic E-state index is -0.474. The molecule has 3 fully saturated rings. The number of carbonyl (C=O) groups is 3. The first-order chi connectivity index (χ1) is 16.1. The lowest BCUT2D eigenvalue weighted by Crippen LogP contribution is -2.55. The summed E-state index contributed by atoms with van der Waals surface area (Å²) in [4.78, 5) is 48.2. The van der Waals surface area contributed by atoms with Gasteiger partial charge in [-0.15, -0.1) is 11.3 Å². The van der Waals surface area contributed by atoms with Gasteiger partial charge in [0, 0.05) is 44.3 Å². The molecule has 1 aromatic rings. The third-order valence-electron chi connectivity index (χ3n) is 7.32. The average molecular weight is 478 g/mol. The summed E-state index contributed by atoms with van der Waals surface area (Å²) in [6, 6.07) is -0.443. The summed E-state index contributed by atoms with van der Waals surface area (Å²) in [5.74, 6) is -0.118. The van der Waals surface area contributed by atoms with Gasteiger partial charge < -0.3 is 14.7 Å². The number of piperazine rings is 1. The molecule has 3 heterocycles. The number of amides is 3. The van der Waals surface area contributed by atoms with E-state index in [0.29, 0.717) is 49.9 Å². The number of hydrogen-bond acceptors (Lipinski definition) is 7. The van der Waals surface area contributed by atoms with Crippen LogP contribution in [0.1, 0.15) is 51.4 Å². The molecule has 182 valence electrons. The summed E-state index contributed by atoms with van der Waals surface area (Å²) < 4.78 is 0. The van der Waals surface area contributed by atoms with Crippen molar-refractivity contribution in [2.45, 2.75) is 57.4 Å². The topological polar surface area (TPSA) is 97.3 Å². The Bertz CT molecular complexity index is 793. The fourth-order valence-electron chi connectivity index (χ4n) is 5.57. The Kier molecular flexibility index (Phi) is 8.19. The summed E-state index contributed by atoms with van der Waals surface area (Å²) in [6.07, 6.45) is 10.0. The molecule has 1 N–H and O–H groups in total. The fraction of sp³-hybridized carbons (Fsp3) is 0.739. The Hall–Kier alpha value is -2.20. The van der Waals surface area contributed by atoms with Crippen molar-refractivity contribution in [3.63, 3.8) is 0 Å². The van der Waals surface area contributed by atoms with Gasteiger partial charge in [0.25, 0.3) is 0 Å². The molecule has 3 amide bonds. The molecule has 0 bridgehead atoms. The minimum Gasteiger partial charge on any atom is -0.345 e. The highest BCUT2D eigenvalue weighted by Crippen LogP contribution is 2.32. The van der Waals surface area contributed by atoms with Crippen LogP contribution >= 0.6 is 11.3 Å². The Morgan fingerprint density at radius 1 is 1.12 bits per heavy atom. The van der Waals surface area contributed by atoms with Gasteiger partial charge >= 0.3 is 0 Å². The molecule has 9 nitrogen and oxygen atoms in total. The molecule has 4 rings (SSSR count). The lowest BCUT2D eigenvalue weighted by Gasteiger charge is -2.38. The summed E-state index contributed by atoms with van der Waals surface area (Å²) >= 11 is 1.60. The van der Waals surface area contributed by atoms with Gasteiger partial charge in [0.15, 0.2) is 5.13 Å². The predicted molar refractivity (Wildman–Crippen MR) is 125 cm³/mol. The van der Waals surface area contributed by atoms with Crippen LogP contribution in [0.5, 0.6) is 0 Å². The molecule has 1 aromatic heterocycles. The summed E-state index contributed by atoms with van der Waals surface area (Å²) in [5.41, 5.74) is 0. The highest BCUT2D eigenvalue weighted by Gasteiger charge is 2.40. The van der Waals surface area contributed by atoms with Crippen molar-refractivity contribution >= 4 is 34.7 Å². The van der Waals surface area contributed by atoms with Crippen molar-refractivity contribution in [2.24, 2.45) is 11.8 Å². The van der Waals surface area contributed by atoms with Crippen molar-refractivity contribution < 1.29 is 19.6 Å². The van der Waals surface area contributed by atoms with Gasteiger partial charge in [0.2, 0.25) is 18.2 Å². The number of rotatable bonds is 8. The molecule has 2 saturated heterocycles. The zero-order valence-corrected chi connectivity index (χ0v) is 20.0. The quantitative estimate of drug-likeness (QED) is 0.350. The van der Waals surface area contributed by atoms with Crippen LogP contribution in [0, 0.1) is 11.8 Å². The van der Waals surface area contributed by atoms with E-state index in [4.69, 9.17) is 0 Å². The van der Waals surface area contributed by atoms with Crippen molar-refractivity contribution in [2.75, 3.05) is 44.2 Å². The summed E-state index contributed by atoms with van der Waals surface area (Å²) in [6.45, 7) is 3.27. The summed E-state index contributed by atoms with van der Waals surface area (Å²) in [7, 11) is 0. The summed E-state index contributed by atoms with van der Waals surface area (Å²) in [5, 5.41) is 13.4. The van der Waals surface area contributed by atoms with Crippen LogP contribution in [-0.2, 0) is 14.4 Å². The van der Waals surface area contributed by atoms with Crippen molar-refractivity contribution in [1.82, 2.24) is 19.8 Å². The minimum absolute atomic E-state index is 0.0112. The van der Waals surface area contributed by atoms with E-state index >= 15 is 0 Å². The standard InChI is InChI=1S/C23H35N5O4S/c29-17-27(32)16-19(15-18-5-2-1-3-6-18)21(30)28-9-4-7-20(28)22(31)25-10-12-26(13-11-25)23-24-8-14-33-23/h8,14,17-20,32H,1-7,9-13,15-16H2/t19-,20+/m1/s1. The van der Waals surface area contributed by atoms with Crippen molar-refractivity contribution in [3.05, 3.63) is 11.6 Å². The van der Waals surface area contributed by atoms with E-state index in [9.17, 15) is 19.6 Å². The molecular formula is C23H35N5O4S. The maximum atomic E-state index is 13.6. The normalized spacial score (nSPS) is 22.9. The smallest absolute Gasteiger partial charge is 0.245 e. The van der Waals surface area contributed by atoms with E-state index in [1.807, 2.05) is 10.3 Å². The van der Waals surface area contributed by atoms with Gasteiger partial charge in [-0.25, -0.2) is 10.0 Å². The van der Waals surface area contributed by atoms with E-state index in [2.05, 4.69) is 9.88 Å². The molecule has 1 saturated carbocycles. The third-order valence-corrected chi connectivity index (χ3v) is 8.16. The van der Waals surface area contributed by atoms with E-state index in [-0.39, 0.29) is 18.4 Å². The molecule has 33 heavy (non-hydrogen) atoms. The molecule has 2 atom stereocenters. The van der Waals surface area contributed by atoms with Gasteiger partial charge in [-0.3, -0.25) is 19.6 Å². The number of nitrogens with zero attached hydrogens (tertiary/aromatic N) is 5. The van der Waals surface area contributed by atoms with Crippen LogP contribution in [0.2, 0.25) is 0 Å². The van der Waals surface area contributed by atoms with Crippen LogP contribution < -0.4 is 4.90 Å². The number of hydroxylamine groups is 2. The lowest BCUT2D eigenvalue weighted by atomic mass is 9.82. The molecule has 0 spiro atoms. The molecule has 2 aliphatic heterocycles. The van der Waals surface area contributed by atoms with Crippen LogP contribution in [0.3, 0.4) is 0 Å². The van der Waals surface area contributed by atoms with Gasteiger partial charge in [0.05, 0.1) is 12.5 Å². The van der Waals surface area contributed by atoms with Crippen LogP contribution in [-0.4, -0.2) is 88.6 Å². The molecule has 10 heteroatoms. The highest BCUT2D eigenvalue weighted by atomic mass is 32.1. The zero-order valence-electron chi connectivity index (χ0n) is 19.2. The molecular weight excluding hydrogens is 442 g/mol. The highest BCUT2D eigenvalue weighted by molar-refractivity contribution is 7.13. The second-order valence-electron chi connectivity index (χ2n) is 9.48. The Morgan fingerprint density at radius 2 is 1.88 bits per heavy atom. The van der Waals surface area contributed by atoms with E-state index in [0.717, 1.165) is 37.5 Å². The number of aromatic nitrogens is 1. The van der Waals surface area contributed by atoms with E-state index in [1.165, 1.54) is 19.3 Å². The SMILES string of the molecule is O=CN(O)C[C@@H](CC1CCCCC1)C(=O)N1CCC[C@H]1C(=O)N1CCN(c2nccs2)CC1. The first-order valence-corrected chi connectivity index (χ1v) is 13.1. The number of hydrogen-bond donors (Lipinski definition) is 1. The first kappa shape index (κ1) is 23.9. The van der Waals surface area contributed by atoms with Gasteiger partial charge in [-0.1, -0.05) is 32.1 Å². The predicted octanol–water partition coefficient (Wildman–Crippen LogP) is 2.22. The molecule has 3 aliphatic rings. The van der Waals surface area contributed by atoms with Crippen LogP contribution in [0.25, 0.3) is 0 Å². The number of carbonyl (C=O) groups excluding carboxylic acids is 3. The number of anilines is 1. The van der Waals surface area contributed by atoms with Crippen LogP contribution in [0.15, 0.2) is 11.6 Å².